The summed E-state index contributed by atoms with van der Waals surface area (Å²) in [6.07, 6.45) is 0. The first kappa shape index (κ1) is 13.8. The number of hydrogen-bond acceptors (Lipinski definition) is 2. The Morgan fingerprint density at radius 2 is 1.95 bits per heavy atom. The third-order valence-electron chi connectivity index (χ3n) is 3.02. The van der Waals surface area contributed by atoms with Crippen molar-refractivity contribution >= 4 is 11.6 Å². The van der Waals surface area contributed by atoms with Gasteiger partial charge in [0.25, 0.3) is 0 Å². The number of rotatable bonds is 4. The van der Waals surface area contributed by atoms with Gasteiger partial charge >= 0.3 is 0 Å². The number of ether oxygens (including phenoxy) is 1. The van der Waals surface area contributed by atoms with Gasteiger partial charge in [-0.1, -0.05) is 35.9 Å². The molecular formula is C15H15ClFNO. The number of nitrogens with one attached hydrogen (secondary N) is 1. The van der Waals surface area contributed by atoms with Crippen molar-refractivity contribution in [1.29, 1.82) is 0 Å². The van der Waals surface area contributed by atoms with Crippen LogP contribution < -0.4 is 10.1 Å². The second-order valence-electron chi connectivity index (χ2n) is 4.14. The molecule has 1 N–H and O–H groups in total. The summed E-state index contributed by atoms with van der Waals surface area (Å²) in [6.45, 7) is 0. The fraction of sp³-hybridized carbons (Fsp3) is 0.200. The summed E-state index contributed by atoms with van der Waals surface area (Å²) in [5.41, 5.74) is 1.87. The SMILES string of the molecule is CNC(c1ccc(F)c(Cl)c1)c1ccccc1OC. The highest BCUT2D eigenvalue weighted by Gasteiger charge is 2.17. The first-order valence-corrected chi connectivity index (χ1v) is 6.30. The molecule has 4 heteroatoms. The van der Waals surface area contributed by atoms with E-state index in [1.807, 2.05) is 31.3 Å². The lowest BCUT2D eigenvalue weighted by atomic mass is 9.98. The zero-order valence-electron chi connectivity index (χ0n) is 10.8. The number of methoxy groups -OCH3 is 1. The van der Waals surface area contributed by atoms with Crippen LogP contribution in [0.25, 0.3) is 0 Å². The fourth-order valence-electron chi connectivity index (χ4n) is 2.10. The van der Waals surface area contributed by atoms with Gasteiger partial charge in [0.05, 0.1) is 18.2 Å². The molecule has 2 aromatic rings. The van der Waals surface area contributed by atoms with E-state index in [4.69, 9.17) is 16.3 Å². The third-order valence-corrected chi connectivity index (χ3v) is 3.31. The molecule has 0 radical (unpaired) electrons. The Hall–Kier alpha value is -1.58. The van der Waals surface area contributed by atoms with E-state index < -0.39 is 5.82 Å². The van der Waals surface area contributed by atoms with Gasteiger partial charge in [-0.05, 0) is 30.8 Å². The van der Waals surface area contributed by atoms with Gasteiger partial charge in [0, 0.05) is 5.56 Å². The fourth-order valence-corrected chi connectivity index (χ4v) is 2.29. The average Bonchev–Trinajstić information content (AvgIpc) is 2.44. The van der Waals surface area contributed by atoms with E-state index in [0.717, 1.165) is 16.9 Å². The van der Waals surface area contributed by atoms with Crippen LogP contribution in [-0.2, 0) is 0 Å². The van der Waals surface area contributed by atoms with Gasteiger partial charge in [-0.15, -0.1) is 0 Å². The highest BCUT2D eigenvalue weighted by atomic mass is 35.5. The first-order valence-electron chi connectivity index (χ1n) is 5.92. The predicted octanol–water partition coefficient (Wildman–Crippen LogP) is 3.80. The van der Waals surface area contributed by atoms with E-state index in [-0.39, 0.29) is 11.1 Å². The van der Waals surface area contributed by atoms with Gasteiger partial charge in [-0.2, -0.15) is 0 Å². The van der Waals surface area contributed by atoms with Crippen molar-refractivity contribution < 1.29 is 9.13 Å². The van der Waals surface area contributed by atoms with Crippen molar-refractivity contribution in [3.8, 4) is 5.75 Å². The molecule has 0 heterocycles. The molecule has 0 saturated carbocycles. The number of halogens is 2. The smallest absolute Gasteiger partial charge is 0.141 e. The lowest BCUT2D eigenvalue weighted by Crippen LogP contribution is -2.18. The molecule has 0 saturated heterocycles. The molecule has 0 amide bonds. The van der Waals surface area contributed by atoms with Crippen LogP contribution in [0.3, 0.4) is 0 Å². The molecule has 2 nitrogen and oxygen atoms in total. The van der Waals surface area contributed by atoms with Crippen molar-refractivity contribution in [2.75, 3.05) is 14.2 Å². The maximum Gasteiger partial charge on any atom is 0.141 e. The van der Waals surface area contributed by atoms with E-state index in [1.54, 1.807) is 19.2 Å². The Labute approximate surface area is 117 Å². The second-order valence-corrected chi connectivity index (χ2v) is 4.54. The quantitative estimate of drug-likeness (QED) is 0.919. The zero-order chi connectivity index (χ0) is 13.8. The van der Waals surface area contributed by atoms with Crippen LogP contribution in [0.4, 0.5) is 4.39 Å². The molecule has 1 unspecified atom stereocenters. The maximum atomic E-state index is 13.2. The summed E-state index contributed by atoms with van der Waals surface area (Å²) < 4.78 is 18.6. The van der Waals surface area contributed by atoms with E-state index >= 15 is 0 Å². The topological polar surface area (TPSA) is 21.3 Å². The largest absolute Gasteiger partial charge is 0.496 e. The zero-order valence-corrected chi connectivity index (χ0v) is 11.5. The highest BCUT2D eigenvalue weighted by Crippen LogP contribution is 2.31. The van der Waals surface area contributed by atoms with Crippen LogP contribution in [0.2, 0.25) is 5.02 Å². The van der Waals surface area contributed by atoms with Gasteiger partial charge in [0.15, 0.2) is 0 Å². The normalized spacial score (nSPS) is 12.2. The summed E-state index contributed by atoms with van der Waals surface area (Å²) >= 11 is 5.84. The van der Waals surface area contributed by atoms with Gasteiger partial charge in [-0.25, -0.2) is 4.39 Å². The molecule has 0 aliphatic rings. The molecule has 2 rings (SSSR count). The lowest BCUT2D eigenvalue weighted by Gasteiger charge is -2.20. The van der Waals surface area contributed by atoms with E-state index in [9.17, 15) is 4.39 Å². The molecule has 0 aliphatic heterocycles. The summed E-state index contributed by atoms with van der Waals surface area (Å²) in [5.74, 6) is 0.364. The Morgan fingerprint density at radius 1 is 1.21 bits per heavy atom. The van der Waals surface area contributed by atoms with Crippen LogP contribution in [0.15, 0.2) is 42.5 Å². The van der Waals surface area contributed by atoms with Gasteiger partial charge in [0.2, 0.25) is 0 Å². The van der Waals surface area contributed by atoms with Crippen LogP contribution in [0.1, 0.15) is 17.2 Å². The lowest BCUT2D eigenvalue weighted by molar-refractivity contribution is 0.405. The molecule has 0 aliphatic carbocycles. The minimum absolute atomic E-state index is 0.103. The predicted molar refractivity (Wildman–Crippen MR) is 75.3 cm³/mol. The van der Waals surface area contributed by atoms with E-state index in [0.29, 0.717) is 0 Å². The third kappa shape index (κ3) is 2.88. The molecule has 1 atom stereocenters. The summed E-state index contributed by atoms with van der Waals surface area (Å²) in [6, 6.07) is 12.3. The van der Waals surface area contributed by atoms with E-state index in [1.165, 1.54) is 6.07 Å². The molecule has 0 bridgehead atoms. The Morgan fingerprint density at radius 3 is 2.58 bits per heavy atom. The molecule has 0 spiro atoms. The molecule has 0 fully saturated rings. The van der Waals surface area contributed by atoms with Crippen LogP contribution >= 0.6 is 11.6 Å². The monoisotopic (exact) mass is 279 g/mol. The summed E-state index contributed by atoms with van der Waals surface area (Å²) in [7, 11) is 3.47. The maximum absolute atomic E-state index is 13.2. The van der Waals surface area contributed by atoms with Crippen molar-refractivity contribution in [1.82, 2.24) is 5.32 Å². The first-order chi connectivity index (χ1) is 9.17. The average molecular weight is 280 g/mol. The van der Waals surface area contributed by atoms with Gasteiger partial charge in [-0.3, -0.25) is 0 Å². The number of hydrogen-bond donors (Lipinski definition) is 1. The minimum Gasteiger partial charge on any atom is -0.496 e. The Bertz CT molecular complexity index is 574. The minimum atomic E-state index is -0.416. The molecular weight excluding hydrogens is 265 g/mol. The molecule has 2 aromatic carbocycles. The van der Waals surface area contributed by atoms with Crippen molar-refractivity contribution in [3.05, 3.63) is 64.4 Å². The standard InChI is InChI=1S/C15H15ClFNO/c1-18-15(10-7-8-13(17)12(16)9-10)11-5-3-4-6-14(11)19-2/h3-9,15,18H,1-2H3. The Kier molecular flexibility index (Phi) is 4.40. The van der Waals surface area contributed by atoms with Gasteiger partial charge in [0.1, 0.15) is 11.6 Å². The van der Waals surface area contributed by atoms with Crippen molar-refractivity contribution in [3.63, 3.8) is 0 Å². The number of para-hydroxylation sites is 1. The van der Waals surface area contributed by atoms with Crippen molar-refractivity contribution in [2.45, 2.75) is 6.04 Å². The molecule has 19 heavy (non-hydrogen) atoms. The second kappa shape index (κ2) is 6.04. The van der Waals surface area contributed by atoms with E-state index in [2.05, 4.69) is 5.32 Å². The van der Waals surface area contributed by atoms with Crippen LogP contribution in [0.5, 0.6) is 5.75 Å². The van der Waals surface area contributed by atoms with Crippen molar-refractivity contribution in [2.24, 2.45) is 0 Å². The molecule has 0 aromatic heterocycles. The summed E-state index contributed by atoms with van der Waals surface area (Å²) in [4.78, 5) is 0. The molecule has 100 valence electrons. The van der Waals surface area contributed by atoms with Crippen LogP contribution in [-0.4, -0.2) is 14.2 Å². The number of benzene rings is 2. The van der Waals surface area contributed by atoms with Crippen LogP contribution in [0, 0.1) is 5.82 Å². The highest BCUT2D eigenvalue weighted by molar-refractivity contribution is 6.30. The van der Waals surface area contributed by atoms with Gasteiger partial charge < -0.3 is 10.1 Å². The Balaban J connectivity index is 2.46. The summed E-state index contributed by atoms with van der Waals surface area (Å²) in [5, 5.41) is 3.31.